The minimum absolute atomic E-state index is 0.0741. The highest BCUT2D eigenvalue weighted by molar-refractivity contribution is 5.00. The number of ether oxygens (including phenoxy) is 1. The molecular formula is C13H25N3O2. The molecule has 0 aliphatic heterocycles. The van der Waals surface area contributed by atoms with Crippen LogP contribution in [0.15, 0.2) is 4.52 Å². The van der Waals surface area contributed by atoms with Crippen LogP contribution in [0.4, 0.5) is 0 Å². The van der Waals surface area contributed by atoms with Gasteiger partial charge in [-0.1, -0.05) is 32.9 Å². The first-order valence-corrected chi connectivity index (χ1v) is 6.52. The Morgan fingerprint density at radius 2 is 2.11 bits per heavy atom. The van der Waals surface area contributed by atoms with Crippen molar-refractivity contribution in [2.45, 2.75) is 52.0 Å². The maximum atomic E-state index is 5.29. The van der Waals surface area contributed by atoms with Gasteiger partial charge in [0.1, 0.15) is 0 Å². The third-order valence-corrected chi connectivity index (χ3v) is 2.61. The molecule has 5 heteroatoms. The van der Waals surface area contributed by atoms with E-state index < -0.39 is 0 Å². The molecule has 1 heterocycles. The first-order chi connectivity index (χ1) is 8.47. The zero-order valence-electron chi connectivity index (χ0n) is 12.1. The van der Waals surface area contributed by atoms with Crippen LogP contribution in [0.25, 0.3) is 0 Å². The molecule has 0 spiro atoms. The van der Waals surface area contributed by atoms with Gasteiger partial charge >= 0.3 is 0 Å². The van der Waals surface area contributed by atoms with Crippen molar-refractivity contribution in [1.82, 2.24) is 15.5 Å². The molecule has 1 unspecified atom stereocenters. The minimum Gasteiger partial charge on any atom is -0.383 e. The van der Waals surface area contributed by atoms with Crippen molar-refractivity contribution in [3.8, 4) is 0 Å². The summed E-state index contributed by atoms with van der Waals surface area (Å²) in [5.74, 6) is 1.43. The number of nitrogens with one attached hydrogen (secondary N) is 1. The Morgan fingerprint density at radius 3 is 2.61 bits per heavy atom. The van der Waals surface area contributed by atoms with Crippen LogP contribution in [0.5, 0.6) is 0 Å². The van der Waals surface area contributed by atoms with Gasteiger partial charge in [0.15, 0.2) is 5.82 Å². The molecule has 1 atom stereocenters. The molecule has 18 heavy (non-hydrogen) atoms. The number of aromatic nitrogens is 2. The maximum absolute atomic E-state index is 5.29. The molecule has 104 valence electrons. The van der Waals surface area contributed by atoms with Crippen LogP contribution in [0.3, 0.4) is 0 Å². The third kappa shape index (κ3) is 4.74. The van der Waals surface area contributed by atoms with Gasteiger partial charge in [0.25, 0.3) is 0 Å². The van der Waals surface area contributed by atoms with Gasteiger partial charge in [-0.25, -0.2) is 0 Å². The normalized spacial score (nSPS) is 13.8. The lowest BCUT2D eigenvalue weighted by Crippen LogP contribution is -2.35. The van der Waals surface area contributed by atoms with Crippen molar-refractivity contribution < 1.29 is 9.26 Å². The van der Waals surface area contributed by atoms with Gasteiger partial charge in [0, 0.05) is 25.0 Å². The van der Waals surface area contributed by atoms with Gasteiger partial charge in [-0.05, 0) is 13.0 Å². The van der Waals surface area contributed by atoms with Gasteiger partial charge in [0.05, 0.1) is 6.61 Å². The molecule has 0 aliphatic rings. The predicted molar refractivity (Wildman–Crippen MR) is 70.7 cm³/mol. The molecule has 5 nitrogen and oxygen atoms in total. The molecule has 0 saturated heterocycles. The molecule has 0 aromatic carbocycles. The smallest absolute Gasteiger partial charge is 0.228 e. The van der Waals surface area contributed by atoms with Crippen molar-refractivity contribution in [3.63, 3.8) is 0 Å². The molecule has 0 fully saturated rings. The van der Waals surface area contributed by atoms with Crippen LogP contribution in [0.2, 0.25) is 0 Å². The molecule has 1 rings (SSSR count). The van der Waals surface area contributed by atoms with Crippen LogP contribution < -0.4 is 5.32 Å². The van der Waals surface area contributed by atoms with Crippen molar-refractivity contribution >= 4 is 0 Å². The zero-order valence-corrected chi connectivity index (χ0v) is 12.1. The Kier molecular flexibility index (Phi) is 5.75. The highest BCUT2D eigenvalue weighted by Gasteiger charge is 2.22. The maximum Gasteiger partial charge on any atom is 0.228 e. The summed E-state index contributed by atoms with van der Waals surface area (Å²) < 4.78 is 10.5. The van der Waals surface area contributed by atoms with E-state index in [-0.39, 0.29) is 11.5 Å². The largest absolute Gasteiger partial charge is 0.383 e. The fourth-order valence-electron chi connectivity index (χ4n) is 1.59. The average molecular weight is 255 g/mol. The number of hydrogen-bond donors (Lipinski definition) is 1. The summed E-state index contributed by atoms with van der Waals surface area (Å²) in [4.78, 5) is 4.44. The number of rotatable bonds is 7. The second kappa shape index (κ2) is 6.85. The molecule has 0 bridgehead atoms. The Morgan fingerprint density at radius 1 is 1.39 bits per heavy atom. The number of methoxy groups -OCH3 is 1. The Bertz CT molecular complexity index is 344. The average Bonchev–Trinajstić information content (AvgIpc) is 2.74. The molecule has 1 N–H and O–H groups in total. The van der Waals surface area contributed by atoms with Crippen molar-refractivity contribution in [2.75, 3.05) is 20.3 Å². The summed E-state index contributed by atoms with van der Waals surface area (Å²) >= 11 is 0. The van der Waals surface area contributed by atoms with Crippen LogP contribution in [0, 0.1) is 0 Å². The summed E-state index contributed by atoms with van der Waals surface area (Å²) in [6, 6.07) is 0.225. The highest BCUT2D eigenvalue weighted by atomic mass is 16.5. The standard InChI is InChI=1S/C13H25N3O2/c1-6-7-14-10(9-17-5)8-11-15-12(16-18-11)13(2,3)4/h10,14H,6-9H2,1-5H3. The molecular weight excluding hydrogens is 230 g/mol. The van der Waals surface area contributed by atoms with E-state index in [9.17, 15) is 0 Å². The monoisotopic (exact) mass is 255 g/mol. The Labute approximate surface area is 109 Å². The van der Waals surface area contributed by atoms with Gasteiger partial charge in [-0.15, -0.1) is 0 Å². The fraction of sp³-hybridized carbons (Fsp3) is 0.846. The predicted octanol–water partition coefficient (Wildman–Crippen LogP) is 1.92. The van der Waals surface area contributed by atoms with Gasteiger partial charge in [-0.3, -0.25) is 0 Å². The van der Waals surface area contributed by atoms with Gasteiger partial charge in [-0.2, -0.15) is 4.98 Å². The fourth-order valence-corrected chi connectivity index (χ4v) is 1.59. The summed E-state index contributed by atoms with van der Waals surface area (Å²) in [7, 11) is 1.70. The van der Waals surface area contributed by atoms with Crippen LogP contribution in [-0.4, -0.2) is 36.4 Å². The summed E-state index contributed by atoms with van der Waals surface area (Å²) in [6.45, 7) is 9.97. The number of nitrogens with zero attached hydrogens (tertiary/aromatic N) is 2. The molecule has 1 aromatic rings. The van der Waals surface area contributed by atoms with Crippen LogP contribution in [-0.2, 0) is 16.6 Å². The van der Waals surface area contributed by atoms with Crippen LogP contribution >= 0.6 is 0 Å². The van der Waals surface area contributed by atoms with E-state index in [1.54, 1.807) is 7.11 Å². The number of hydrogen-bond acceptors (Lipinski definition) is 5. The van der Waals surface area contributed by atoms with Crippen molar-refractivity contribution in [2.24, 2.45) is 0 Å². The van der Waals surface area contributed by atoms with E-state index in [2.05, 4.69) is 43.2 Å². The van der Waals surface area contributed by atoms with E-state index in [1.165, 1.54) is 0 Å². The summed E-state index contributed by atoms with van der Waals surface area (Å²) in [5.41, 5.74) is -0.0741. The SMILES string of the molecule is CCCNC(COC)Cc1nc(C(C)(C)C)no1. The summed E-state index contributed by atoms with van der Waals surface area (Å²) in [6.07, 6.45) is 1.80. The quantitative estimate of drug-likeness (QED) is 0.806. The molecule has 0 radical (unpaired) electrons. The third-order valence-electron chi connectivity index (χ3n) is 2.61. The van der Waals surface area contributed by atoms with E-state index in [0.29, 0.717) is 18.9 Å². The second-order valence-corrected chi connectivity index (χ2v) is 5.57. The van der Waals surface area contributed by atoms with E-state index >= 15 is 0 Å². The lowest BCUT2D eigenvalue weighted by Gasteiger charge is -2.15. The highest BCUT2D eigenvalue weighted by Crippen LogP contribution is 2.18. The first-order valence-electron chi connectivity index (χ1n) is 6.52. The van der Waals surface area contributed by atoms with E-state index in [0.717, 1.165) is 18.8 Å². The Hall–Kier alpha value is -0.940. The van der Waals surface area contributed by atoms with Gasteiger partial charge in [0.2, 0.25) is 5.89 Å². The topological polar surface area (TPSA) is 60.2 Å². The molecule has 0 aliphatic carbocycles. The molecule has 0 saturated carbocycles. The van der Waals surface area contributed by atoms with Crippen LogP contribution in [0.1, 0.15) is 45.8 Å². The van der Waals surface area contributed by atoms with Crippen molar-refractivity contribution in [3.05, 3.63) is 11.7 Å². The Balaban J connectivity index is 2.60. The van der Waals surface area contributed by atoms with E-state index in [4.69, 9.17) is 9.26 Å². The summed E-state index contributed by atoms with van der Waals surface area (Å²) in [5, 5.41) is 7.44. The zero-order chi connectivity index (χ0) is 13.6. The molecule has 1 aromatic heterocycles. The lowest BCUT2D eigenvalue weighted by molar-refractivity contribution is 0.161. The van der Waals surface area contributed by atoms with Crippen molar-refractivity contribution in [1.29, 1.82) is 0 Å². The first kappa shape index (κ1) is 15.1. The minimum atomic E-state index is -0.0741. The molecule has 0 amide bonds. The second-order valence-electron chi connectivity index (χ2n) is 5.57. The lowest BCUT2D eigenvalue weighted by atomic mass is 9.96. The van der Waals surface area contributed by atoms with Gasteiger partial charge < -0.3 is 14.6 Å². The van der Waals surface area contributed by atoms with E-state index in [1.807, 2.05) is 0 Å².